The summed E-state index contributed by atoms with van der Waals surface area (Å²) in [6.45, 7) is 5.24. The summed E-state index contributed by atoms with van der Waals surface area (Å²) in [5.74, 6) is 0.648. The number of rotatable bonds is 4. The predicted octanol–water partition coefficient (Wildman–Crippen LogP) is 4.69. The zero-order chi connectivity index (χ0) is 14.8. The Morgan fingerprint density at radius 2 is 1.90 bits per heavy atom. The predicted molar refractivity (Wildman–Crippen MR) is 83.1 cm³/mol. The third-order valence-corrected chi connectivity index (χ3v) is 3.75. The first-order chi connectivity index (χ1) is 10.2. The Labute approximate surface area is 123 Å². The molecule has 1 heterocycles. The van der Waals surface area contributed by atoms with E-state index in [1.54, 1.807) is 6.07 Å². The Hall–Kier alpha value is -2.29. The van der Waals surface area contributed by atoms with Crippen molar-refractivity contribution in [2.75, 3.05) is 0 Å². The molecule has 1 aromatic heterocycles. The number of hydrogen-bond donors (Lipinski definition) is 0. The number of ether oxygens (including phenoxy) is 1. The van der Waals surface area contributed by atoms with Crippen LogP contribution in [0.25, 0.3) is 10.9 Å². The summed E-state index contributed by atoms with van der Waals surface area (Å²) >= 11 is 0. The lowest BCUT2D eigenvalue weighted by atomic mass is 10.1. The molecule has 0 aliphatic rings. The summed E-state index contributed by atoms with van der Waals surface area (Å²) in [7, 11) is 0. The maximum Gasteiger partial charge on any atom is 0.132 e. The smallest absolute Gasteiger partial charge is 0.132 e. The Morgan fingerprint density at radius 1 is 1.10 bits per heavy atom. The number of halogens is 1. The minimum absolute atomic E-state index is 0.192. The number of fused-ring (bicyclic) bond motifs is 1. The van der Waals surface area contributed by atoms with E-state index in [9.17, 15) is 4.39 Å². The second kappa shape index (κ2) is 5.60. The normalized spacial score (nSPS) is 11.0. The molecule has 0 unspecified atom stereocenters. The van der Waals surface area contributed by atoms with Gasteiger partial charge in [-0.15, -0.1) is 0 Å². The topological polar surface area (TPSA) is 14.2 Å². The quantitative estimate of drug-likeness (QED) is 0.677. The van der Waals surface area contributed by atoms with E-state index in [-0.39, 0.29) is 5.82 Å². The van der Waals surface area contributed by atoms with Crippen LogP contribution in [0.15, 0.2) is 48.7 Å². The van der Waals surface area contributed by atoms with E-state index in [1.807, 2.05) is 43.5 Å². The van der Waals surface area contributed by atoms with Gasteiger partial charge in [0.05, 0.1) is 5.52 Å². The molecule has 0 aliphatic heterocycles. The van der Waals surface area contributed by atoms with Gasteiger partial charge in [-0.3, -0.25) is 0 Å². The molecule has 0 amide bonds. The fraction of sp³-hybridized carbons (Fsp3) is 0.222. The van der Waals surface area contributed by atoms with Crippen LogP contribution >= 0.6 is 0 Å². The Bertz CT molecular complexity index is 776. The van der Waals surface area contributed by atoms with Crippen LogP contribution in [0.3, 0.4) is 0 Å². The van der Waals surface area contributed by atoms with Crippen LogP contribution in [0.5, 0.6) is 5.75 Å². The highest BCUT2D eigenvalue weighted by Gasteiger charge is 2.12. The van der Waals surface area contributed by atoms with Gasteiger partial charge in [-0.1, -0.05) is 24.3 Å². The zero-order valence-corrected chi connectivity index (χ0v) is 12.3. The van der Waals surface area contributed by atoms with Gasteiger partial charge in [0.1, 0.15) is 18.2 Å². The highest BCUT2D eigenvalue weighted by Crippen LogP contribution is 2.26. The molecular formula is C18H18FNO. The fourth-order valence-electron chi connectivity index (χ4n) is 2.64. The van der Waals surface area contributed by atoms with Gasteiger partial charge in [0.25, 0.3) is 0 Å². The molecule has 2 nitrogen and oxygen atoms in total. The minimum Gasteiger partial charge on any atom is -0.489 e. The molecule has 2 aromatic carbocycles. The van der Waals surface area contributed by atoms with Crippen molar-refractivity contribution in [2.45, 2.75) is 27.0 Å². The number of para-hydroxylation sites is 1. The first kappa shape index (κ1) is 13.7. The largest absolute Gasteiger partial charge is 0.489 e. The molecule has 0 aliphatic carbocycles. The first-order valence-corrected chi connectivity index (χ1v) is 7.15. The van der Waals surface area contributed by atoms with Crippen molar-refractivity contribution in [3.8, 4) is 5.75 Å². The molecular weight excluding hydrogens is 265 g/mol. The summed E-state index contributed by atoms with van der Waals surface area (Å²) < 4.78 is 22.0. The molecule has 0 spiro atoms. The van der Waals surface area contributed by atoms with E-state index in [1.165, 1.54) is 6.07 Å². The molecule has 108 valence electrons. The lowest BCUT2D eigenvalue weighted by Crippen LogP contribution is -1.97. The number of aryl methyl sites for hydroxylation is 2. The van der Waals surface area contributed by atoms with Crippen LogP contribution in [0.2, 0.25) is 0 Å². The van der Waals surface area contributed by atoms with E-state index in [0.29, 0.717) is 12.0 Å². The van der Waals surface area contributed by atoms with Gasteiger partial charge >= 0.3 is 0 Å². The SMILES string of the molecule is CCn1cc(COc2ccccc2C)c2c(F)cccc21. The summed E-state index contributed by atoms with van der Waals surface area (Å²) in [5, 5.41) is 0.660. The van der Waals surface area contributed by atoms with Gasteiger partial charge in [0.2, 0.25) is 0 Å². The van der Waals surface area contributed by atoms with Gasteiger partial charge in [-0.05, 0) is 37.6 Å². The standard InChI is InChI=1S/C18H18FNO/c1-3-20-11-14(18-15(19)8-6-9-16(18)20)12-21-17-10-5-4-7-13(17)2/h4-11H,3,12H2,1-2H3. The van der Waals surface area contributed by atoms with Gasteiger partial charge in [0.15, 0.2) is 0 Å². The van der Waals surface area contributed by atoms with Crippen LogP contribution in [0.4, 0.5) is 4.39 Å². The first-order valence-electron chi connectivity index (χ1n) is 7.15. The number of nitrogens with zero attached hydrogens (tertiary/aromatic N) is 1. The summed E-state index contributed by atoms with van der Waals surface area (Å²) in [4.78, 5) is 0. The highest BCUT2D eigenvalue weighted by molar-refractivity contribution is 5.84. The van der Waals surface area contributed by atoms with Crippen LogP contribution in [-0.4, -0.2) is 4.57 Å². The van der Waals surface area contributed by atoms with E-state index in [0.717, 1.165) is 28.9 Å². The number of benzene rings is 2. The molecule has 0 N–H and O–H groups in total. The van der Waals surface area contributed by atoms with Gasteiger partial charge in [-0.2, -0.15) is 0 Å². The van der Waals surface area contributed by atoms with Crippen LogP contribution in [-0.2, 0) is 13.2 Å². The molecule has 3 rings (SSSR count). The molecule has 0 bridgehead atoms. The van der Waals surface area contributed by atoms with E-state index < -0.39 is 0 Å². The van der Waals surface area contributed by atoms with Crippen molar-refractivity contribution in [3.05, 3.63) is 65.6 Å². The molecule has 0 saturated carbocycles. The van der Waals surface area contributed by atoms with Crippen LogP contribution < -0.4 is 4.74 Å². The molecule has 21 heavy (non-hydrogen) atoms. The zero-order valence-electron chi connectivity index (χ0n) is 12.3. The molecule has 3 aromatic rings. The maximum absolute atomic E-state index is 14.1. The van der Waals surface area contributed by atoms with E-state index in [4.69, 9.17) is 4.74 Å². The van der Waals surface area contributed by atoms with Crippen molar-refractivity contribution >= 4 is 10.9 Å². The molecule has 0 fully saturated rings. The van der Waals surface area contributed by atoms with Crippen molar-refractivity contribution in [2.24, 2.45) is 0 Å². The van der Waals surface area contributed by atoms with Gasteiger partial charge < -0.3 is 9.30 Å². The summed E-state index contributed by atoms with van der Waals surface area (Å²) in [6, 6.07) is 13.0. The Balaban J connectivity index is 1.96. The summed E-state index contributed by atoms with van der Waals surface area (Å²) in [6.07, 6.45) is 1.98. The number of aromatic nitrogens is 1. The third kappa shape index (κ3) is 2.51. The Morgan fingerprint density at radius 3 is 2.67 bits per heavy atom. The lowest BCUT2D eigenvalue weighted by molar-refractivity contribution is 0.305. The van der Waals surface area contributed by atoms with Gasteiger partial charge in [0, 0.05) is 23.7 Å². The second-order valence-corrected chi connectivity index (χ2v) is 5.13. The van der Waals surface area contributed by atoms with Crippen molar-refractivity contribution in [3.63, 3.8) is 0 Å². The monoisotopic (exact) mass is 283 g/mol. The van der Waals surface area contributed by atoms with Crippen molar-refractivity contribution in [1.82, 2.24) is 4.57 Å². The lowest BCUT2D eigenvalue weighted by Gasteiger charge is -2.08. The second-order valence-electron chi connectivity index (χ2n) is 5.13. The fourth-order valence-corrected chi connectivity index (χ4v) is 2.64. The van der Waals surface area contributed by atoms with E-state index in [2.05, 4.69) is 11.5 Å². The molecule has 0 saturated heterocycles. The third-order valence-electron chi connectivity index (χ3n) is 3.75. The summed E-state index contributed by atoms with van der Waals surface area (Å²) in [5.41, 5.74) is 2.88. The highest BCUT2D eigenvalue weighted by atomic mass is 19.1. The maximum atomic E-state index is 14.1. The van der Waals surface area contributed by atoms with Gasteiger partial charge in [-0.25, -0.2) is 4.39 Å². The van der Waals surface area contributed by atoms with Crippen molar-refractivity contribution < 1.29 is 9.13 Å². The average molecular weight is 283 g/mol. The molecule has 0 atom stereocenters. The average Bonchev–Trinajstić information content (AvgIpc) is 2.86. The Kier molecular flexibility index (Phi) is 3.65. The molecule has 3 heteroatoms. The van der Waals surface area contributed by atoms with E-state index >= 15 is 0 Å². The van der Waals surface area contributed by atoms with Crippen LogP contribution in [0, 0.1) is 12.7 Å². The number of hydrogen-bond acceptors (Lipinski definition) is 1. The van der Waals surface area contributed by atoms with Crippen molar-refractivity contribution in [1.29, 1.82) is 0 Å². The van der Waals surface area contributed by atoms with Crippen LogP contribution in [0.1, 0.15) is 18.1 Å². The minimum atomic E-state index is -0.192. The molecule has 0 radical (unpaired) electrons.